The molecule has 0 amide bonds. The van der Waals surface area contributed by atoms with E-state index >= 15 is 0 Å². The van der Waals surface area contributed by atoms with Gasteiger partial charge in [0.2, 0.25) is 0 Å². The fraction of sp³-hybridized carbons (Fsp3) is 0.577. The highest BCUT2D eigenvalue weighted by Gasteiger charge is 2.41. The Morgan fingerprint density at radius 1 is 0.867 bits per heavy atom. The number of fused-ring (bicyclic) bond motifs is 5. The smallest absolute Gasteiger partial charge is 0.306 e. The number of aliphatic hydroxyl groups is 2. The van der Waals surface area contributed by atoms with Crippen molar-refractivity contribution in [1.29, 1.82) is 0 Å². The van der Waals surface area contributed by atoms with Crippen LogP contribution in [0.1, 0.15) is 153 Å². The van der Waals surface area contributed by atoms with E-state index in [1.54, 1.807) is 0 Å². The van der Waals surface area contributed by atoms with E-state index in [9.17, 15) is 15.0 Å². The monoisotopic (exact) mass is 817 g/mol. The van der Waals surface area contributed by atoms with Crippen LogP contribution in [0.25, 0.3) is 0 Å². The maximum Gasteiger partial charge on any atom is 0.306 e. The van der Waals surface area contributed by atoms with Crippen molar-refractivity contribution in [2.45, 2.75) is 153 Å². The van der Waals surface area contributed by atoms with Gasteiger partial charge in [0.15, 0.2) is 0 Å². The number of nitrogens with one attached hydrogen (secondary N) is 1. The maximum absolute atomic E-state index is 13.3. The first-order valence-corrected chi connectivity index (χ1v) is 23.1. The zero-order valence-electron chi connectivity index (χ0n) is 38.4. The average Bonchev–Trinajstić information content (AvgIpc) is 3.95. The van der Waals surface area contributed by atoms with Gasteiger partial charge < -0.3 is 20.3 Å². The third-order valence-electron chi connectivity index (χ3n) is 13.8. The predicted molar refractivity (Wildman–Crippen MR) is 248 cm³/mol. The van der Waals surface area contributed by atoms with E-state index in [1.807, 2.05) is 26.0 Å². The van der Waals surface area contributed by atoms with Crippen LogP contribution in [-0.4, -0.2) is 46.5 Å². The van der Waals surface area contributed by atoms with Gasteiger partial charge in [-0.15, -0.1) is 0 Å². The molecule has 4 atom stereocenters. The molecule has 5 aliphatic heterocycles. The number of nitrogens with zero attached hydrogens (tertiary/aromatic N) is 3. The molecule has 8 nitrogen and oxygen atoms in total. The Balaban J connectivity index is 1.12. The number of allylic oxidation sites excluding steroid dienone is 12. The van der Waals surface area contributed by atoms with Crippen LogP contribution >= 0.6 is 0 Å². The summed E-state index contributed by atoms with van der Waals surface area (Å²) >= 11 is 0. The summed E-state index contributed by atoms with van der Waals surface area (Å²) in [7, 11) is 0. The molecule has 0 aromatic carbocycles. The zero-order chi connectivity index (χ0) is 43.2. The van der Waals surface area contributed by atoms with Crippen LogP contribution < -0.4 is 5.32 Å². The summed E-state index contributed by atoms with van der Waals surface area (Å²) in [4.78, 5) is 28.6. The first kappa shape index (κ1) is 45.2. The number of rotatable bonds is 19. The fourth-order valence-corrected chi connectivity index (χ4v) is 9.79. The second kappa shape index (κ2) is 20.0. The van der Waals surface area contributed by atoms with Gasteiger partial charge in [-0.2, -0.15) is 0 Å². The van der Waals surface area contributed by atoms with E-state index in [4.69, 9.17) is 19.7 Å². The SMILES string of the molecule is CCC1=C(C)C2=NC1=CC1=C(C)C3=C(O)CC(=C4NC(=CC5=NC(=C2)C(CO)=C5C)[C@@H](C)[C@@H]4CCC(=O)OC/C=C(\C)CCC[C@H](C)CCC[C@H](C)CCCC(C)C)C3=N1. The first-order chi connectivity index (χ1) is 28.7. The van der Waals surface area contributed by atoms with Gasteiger partial charge in [0.05, 0.1) is 40.8 Å². The van der Waals surface area contributed by atoms with Crippen LogP contribution in [0, 0.1) is 29.6 Å². The lowest BCUT2D eigenvalue weighted by Gasteiger charge is -2.17. The van der Waals surface area contributed by atoms with Crippen LogP contribution in [0.2, 0.25) is 0 Å². The minimum Gasteiger partial charge on any atom is -0.511 e. The van der Waals surface area contributed by atoms with Gasteiger partial charge in [0, 0.05) is 52.8 Å². The van der Waals surface area contributed by atoms with Crippen LogP contribution in [0.15, 0.2) is 118 Å². The van der Waals surface area contributed by atoms with E-state index in [0.29, 0.717) is 25.2 Å². The molecule has 324 valence electrons. The first-order valence-electron chi connectivity index (χ1n) is 23.1. The molecule has 6 aliphatic rings. The molecule has 0 spiro atoms. The number of aliphatic hydroxyl groups excluding tert-OH is 2. The van der Waals surface area contributed by atoms with Gasteiger partial charge in [-0.3, -0.25) is 4.79 Å². The number of esters is 1. The van der Waals surface area contributed by atoms with E-state index in [2.05, 4.69) is 72.9 Å². The van der Waals surface area contributed by atoms with Crippen molar-refractivity contribution >= 4 is 23.1 Å². The van der Waals surface area contributed by atoms with Crippen LogP contribution in [-0.2, 0) is 9.53 Å². The van der Waals surface area contributed by atoms with Gasteiger partial charge in [-0.25, -0.2) is 15.0 Å². The molecule has 5 heterocycles. The molecule has 0 aromatic heterocycles. The Morgan fingerprint density at radius 3 is 2.17 bits per heavy atom. The van der Waals surface area contributed by atoms with Crippen molar-refractivity contribution in [3.8, 4) is 0 Å². The van der Waals surface area contributed by atoms with Crippen molar-refractivity contribution in [2.24, 2.45) is 44.6 Å². The van der Waals surface area contributed by atoms with Gasteiger partial charge in [-0.1, -0.05) is 92.1 Å². The summed E-state index contributed by atoms with van der Waals surface area (Å²) in [5.74, 6) is 2.50. The number of aliphatic imine (C=N–C) groups is 3. The second-order valence-electron chi connectivity index (χ2n) is 18.9. The molecule has 60 heavy (non-hydrogen) atoms. The highest BCUT2D eigenvalue weighted by Crippen LogP contribution is 2.46. The maximum atomic E-state index is 13.3. The fourth-order valence-electron chi connectivity index (χ4n) is 9.79. The summed E-state index contributed by atoms with van der Waals surface area (Å²) in [6.07, 6.45) is 21.7. The van der Waals surface area contributed by atoms with Crippen molar-refractivity contribution in [2.75, 3.05) is 13.2 Å². The number of hydrogen-bond acceptors (Lipinski definition) is 8. The predicted octanol–water partition coefficient (Wildman–Crippen LogP) is 12.4. The Morgan fingerprint density at radius 2 is 1.50 bits per heavy atom. The third-order valence-corrected chi connectivity index (χ3v) is 13.8. The van der Waals surface area contributed by atoms with Gasteiger partial charge in [0.1, 0.15) is 12.4 Å². The number of hydrogen-bond donors (Lipinski definition) is 3. The summed E-state index contributed by atoms with van der Waals surface area (Å²) in [5.41, 5.74) is 14.7. The van der Waals surface area contributed by atoms with Crippen molar-refractivity contribution in [1.82, 2.24) is 5.32 Å². The van der Waals surface area contributed by atoms with Gasteiger partial charge in [-0.05, 0) is 118 Å². The number of carbonyl (C=O) groups excluding carboxylic acids is 1. The molecule has 0 radical (unpaired) electrons. The summed E-state index contributed by atoms with van der Waals surface area (Å²) in [6.45, 7) is 22.2. The molecule has 1 aliphatic carbocycles. The highest BCUT2D eigenvalue weighted by molar-refractivity contribution is 6.21. The minimum atomic E-state index is -0.205. The Kier molecular flexibility index (Phi) is 15.1. The lowest BCUT2D eigenvalue weighted by Crippen LogP contribution is -2.16. The molecule has 0 aromatic rings. The average molecular weight is 817 g/mol. The van der Waals surface area contributed by atoms with Crippen molar-refractivity contribution in [3.05, 3.63) is 103 Å². The molecule has 8 bridgehead atoms. The Hall–Kier alpha value is -4.30. The largest absolute Gasteiger partial charge is 0.511 e. The minimum absolute atomic E-state index is 0.0289. The van der Waals surface area contributed by atoms with Crippen molar-refractivity contribution < 1.29 is 19.7 Å². The van der Waals surface area contributed by atoms with E-state index in [-0.39, 0.29) is 30.8 Å². The summed E-state index contributed by atoms with van der Waals surface area (Å²) < 4.78 is 5.78. The quantitative estimate of drug-likeness (QED) is 0.0887. The molecular weight excluding hydrogens is 745 g/mol. The van der Waals surface area contributed by atoms with Gasteiger partial charge in [0.25, 0.3) is 0 Å². The molecule has 0 unspecified atom stereocenters. The number of carbonyl (C=O) groups is 1. The third kappa shape index (κ3) is 10.2. The Labute approximate surface area is 360 Å². The summed E-state index contributed by atoms with van der Waals surface area (Å²) in [5, 5.41) is 25.7. The normalized spacial score (nSPS) is 22.4. The zero-order valence-corrected chi connectivity index (χ0v) is 38.4. The van der Waals surface area contributed by atoms with Crippen LogP contribution in [0.5, 0.6) is 0 Å². The molecule has 1 saturated heterocycles. The standard InChI is InChI=1S/C52H72N4O4/c1-11-38-34(7)43-27-47-41(29-57)36(9)42(54-47)26-44-35(8)39(51(55-44)40-25-48(58)50-37(10)45(56-52(40)50)28-46(38)53-43)21-22-49(59)60-24-23-33(6)20-14-19-32(5)18-13-17-31(4)16-12-15-30(2)3/h23,26-28,30-32,35,39,55,57-58H,11-22,24-25,29H2,1-10H3/b33-23+,44-26?,46-28?,47-27?,51-40?/t31-,32-,35+,39+/m1/s1. The number of ether oxygens (including phenoxy) is 1. The van der Waals surface area contributed by atoms with Gasteiger partial charge >= 0.3 is 5.97 Å². The molecular formula is C52H72N4O4. The lowest BCUT2D eigenvalue weighted by atomic mass is 9.86. The highest BCUT2D eigenvalue weighted by atomic mass is 16.5. The lowest BCUT2D eigenvalue weighted by molar-refractivity contribution is -0.142. The van der Waals surface area contributed by atoms with E-state index < -0.39 is 0 Å². The van der Waals surface area contributed by atoms with E-state index in [1.165, 1.54) is 56.9 Å². The molecule has 1 fully saturated rings. The topological polar surface area (TPSA) is 116 Å². The molecule has 3 N–H and O–H groups in total. The van der Waals surface area contributed by atoms with Crippen molar-refractivity contribution in [3.63, 3.8) is 0 Å². The molecule has 6 rings (SSSR count). The molecule has 0 saturated carbocycles. The Bertz CT molecular complexity index is 2110. The second-order valence-corrected chi connectivity index (χ2v) is 18.9. The van der Waals surface area contributed by atoms with Crippen LogP contribution in [0.4, 0.5) is 0 Å². The molecule has 8 heteroatoms. The van der Waals surface area contributed by atoms with Crippen LogP contribution in [0.3, 0.4) is 0 Å². The summed E-state index contributed by atoms with van der Waals surface area (Å²) in [6, 6.07) is 0. The van der Waals surface area contributed by atoms with E-state index in [0.717, 1.165) is 115 Å².